The minimum Gasteiger partial charge on any atom is -0.465 e. The van der Waals surface area contributed by atoms with E-state index in [2.05, 4.69) is 19.9 Å². The van der Waals surface area contributed by atoms with Crippen LogP contribution in [0.15, 0.2) is 85.1 Å². The van der Waals surface area contributed by atoms with Gasteiger partial charge >= 0.3 is 18.4 Å². The van der Waals surface area contributed by atoms with Crippen LogP contribution < -0.4 is 0 Å². The van der Waals surface area contributed by atoms with Gasteiger partial charge in [0.1, 0.15) is 23.8 Å². The lowest BCUT2D eigenvalue weighted by molar-refractivity contribution is -0.140. The van der Waals surface area contributed by atoms with Crippen molar-refractivity contribution in [3.05, 3.63) is 108 Å². The molecule has 4 heterocycles. The summed E-state index contributed by atoms with van der Waals surface area (Å²) in [5, 5.41) is 10.0. The third-order valence-electron chi connectivity index (χ3n) is 10.5. The summed E-state index contributed by atoms with van der Waals surface area (Å²) in [6.45, 7) is 6.47. The monoisotopic (exact) mass is 726 g/mol. The predicted octanol–water partition coefficient (Wildman–Crippen LogP) is 9.64. The standard InChI is InChI=1S/C40H41F3N6O4/c1-38(2,3)39(20-8-22-49(39)36(50)51)35-46-32(33(47-35)40(41,42)43)29-18-14-27(15-19-29)26-12-16-28(17-13-26)30-23-44-34(45-30)31-11-7-21-48(31)37(52)53-24-25-9-5-4-6-10-25/h4-6,9-10,12-19,23,31H,7-8,11,20-22,24H2,1-3H3,(H,44,45)(H,46,47)(H,50,51)/t31-,39+/m0/s1. The smallest absolute Gasteiger partial charge is 0.435 e. The third kappa shape index (κ3) is 6.75. The zero-order valence-corrected chi connectivity index (χ0v) is 29.7. The first-order valence-corrected chi connectivity index (χ1v) is 17.7. The normalized spacial score (nSPS) is 19.2. The van der Waals surface area contributed by atoms with Gasteiger partial charge in [-0.3, -0.25) is 9.80 Å². The van der Waals surface area contributed by atoms with Crippen molar-refractivity contribution < 1.29 is 32.6 Å². The molecule has 0 unspecified atom stereocenters. The van der Waals surface area contributed by atoms with Gasteiger partial charge in [0.2, 0.25) is 0 Å². The maximum atomic E-state index is 14.4. The summed E-state index contributed by atoms with van der Waals surface area (Å²) >= 11 is 0. The number of alkyl halides is 3. The Balaban J connectivity index is 1.08. The Hall–Kier alpha value is -5.59. The molecule has 10 nitrogen and oxygen atoms in total. The molecule has 2 aliphatic rings. The molecule has 2 fully saturated rings. The van der Waals surface area contributed by atoms with Crippen molar-refractivity contribution >= 4 is 12.2 Å². The number of rotatable bonds is 7. The Kier molecular flexibility index (Phi) is 9.29. The van der Waals surface area contributed by atoms with Gasteiger partial charge in [0.15, 0.2) is 5.69 Å². The highest BCUT2D eigenvalue weighted by Crippen LogP contribution is 2.52. The molecule has 3 N–H and O–H groups in total. The molecule has 0 saturated carbocycles. The van der Waals surface area contributed by atoms with E-state index in [9.17, 15) is 27.9 Å². The fourth-order valence-corrected chi connectivity index (χ4v) is 7.84. The van der Waals surface area contributed by atoms with Gasteiger partial charge in [-0.25, -0.2) is 19.6 Å². The molecule has 0 aliphatic carbocycles. The van der Waals surface area contributed by atoms with E-state index in [-0.39, 0.29) is 42.4 Å². The summed E-state index contributed by atoms with van der Waals surface area (Å²) in [5.74, 6) is 0.684. The van der Waals surface area contributed by atoms with Gasteiger partial charge in [0.25, 0.3) is 0 Å². The molecule has 2 aromatic heterocycles. The van der Waals surface area contributed by atoms with Crippen LogP contribution in [0.2, 0.25) is 0 Å². The Labute approximate surface area is 305 Å². The van der Waals surface area contributed by atoms with Crippen LogP contribution in [0.4, 0.5) is 22.8 Å². The molecule has 2 amide bonds. The number of halogens is 3. The average Bonchev–Trinajstić information content (AvgIpc) is 3.96. The van der Waals surface area contributed by atoms with Crippen LogP contribution in [0, 0.1) is 5.41 Å². The second kappa shape index (κ2) is 13.8. The van der Waals surface area contributed by atoms with Gasteiger partial charge in [-0.15, -0.1) is 0 Å². The number of nitrogens with one attached hydrogen (secondary N) is 2. The highest BCUT2D eigenvalue weighted by Gasteiger charge is 2.56. The number of hydrogen-bond acceptors (Lipinski definition) is 5. The van der Waals surface area contributed by atoms with Crippen LogP contribution in [0.25, 0.3) is 33.6 Å². The summed E-state index contributed by atoms with van der Waals surface area (Å²) in [7, 11) is 0. The first-order chi connectivity index (χ1) is 25.3. The van der Waals surface area contributed by atoms with Crippen molar-refractivity contribution in [3.63, 3.8) is 0 Å². The number of imidazole rings is 2. The Morgan fingerprint density at radius 1 is 0.887 bits per heavy atom. The number of benzene rings is 3. The van der Waals surface area contributed by atoms with Gasteiger partial charge in [-0.05, 0) is 53.4 Å². The minimum atomic E-state index is -4.77. The molecule has 0 bridgehead atoms. The summed E-state index contributed by atoms with van der Waals surface area (Å²) < 4.78 is 48.9. The van der Waals surface area contributed by atoms with Gasteiger partial charge in [0, 0.05) is 18.7 Å². The fourth-order valence-electron chi connectivity index (χ4n) is 7.84. The van der Waals surface area contributed by atoms with Crippen molar-refractivity contribution in [2.24, 2.45) is 5.41 Å². The topological polar surface area (TPSA) is 127 Å². The van der Waals surface area contributed by atoms with Crippen LogP contribution in [-0.4, -0.2) is 60.1 Å². The number of hydrogen-bond donors (Lipinski definition) is 3. The van der Waals surface area contributed by atoms with Crippen LogP contribution >= 0.6 is 0 Å². The maximum absolute atomic E-state index is 14.4. The molecule has 0 radical (unpaired) electrons. The quantitative estimate of drug-likeness (QED) is 0.153. The van der Waals surface area contributed by atoms with Crippen molar-refractivity contribution in [2.75, 3.05) is 13.1 Å². The molecule has 2 aliphatic heterocycles. The van der Waals surface area contributed by atoms with Crippen molar-refractivity contribution in [1.29, 1.82) is 0 Å². The first kappa shape index (κ1) is 35.8. The van der Waals surface area contributed by atoms with Gasteiger partial charge < -0.3 is 19.8 Å². The second-order valence-corrected chi connectivity index (χ2v) is 14.7. The Morgan fingerprint density at radius 2 is 1.53 bits per heavy atom. The van der Waals surface area contributed by atoms with E-state index in [0.717, 1.165) is 40.8 Å². The number of ether oxygens (including phenoxy) is 1. The van der Waals surface area contributed by atoms with E-state index in [1.165, 1.54) is 4.90 Å². The molecule has 13 heteroatoms. The number of amides is 2. The summed E-state index contributed by atoms with van der Waals surface area (Å²) in [6, 6.07) is 23.8. The lowest BCUT2D eigenvalue weighted by Crippen LogP contribution is -2.53. The van der Waals surface area contributed by atoms with Gasteiger partial charge in [-0.2, -0.15) is 13.2 Å². The summed E-state index contributed by atoms with van der Waals surface area (Å²) in [5.41, 5.74) is 1.28. The highest BCUT2D eigenvalue weighted by molar-refractivity contribution is 5.73. The summed E-state index contributed by atoms with van der Waals surface area (Å²) in [6.07, 6.45) is -2.11. The lowest BCUT2D eigenvalue weighted by atomic mass is 9.71. The van der Waals surface area contributed by atoms with E-state index in [0.29, 0.717) is 25.2 Å². The fraction of sp³-hybridized carbons (Fsp3) is 0.350. The van der Waals surface area contributed by atoms with Crippen LogP contribution in [-0.2, 0) is 23.1 Å². The lowest BCUT2D eigenvalue weighted by Gasteiger charge is -2.45. The molecule has 7 rings (SSSR count). The average molecular weight is 727 g/mol. The van der Waals surface area contributed by atoms with Crippen LogP contribution in [0.3, 0.4) is 0 Å². The Morgan fingerprint density at radius 3 is 2.15 bits per heavy atom. The number of aromatic amines is 2. The minimum absolute atomic E-state index is 0.00233. The van der Waals surface area contributed by atoms with Crippen molar-refractivity contribution in [1.82, 2.24) is 29.7 Å². The molecule has 2 atom stereocenters. The molecular weight excluding hydrogens is 685 g/mol. The molecular formula is C40H41F3N6O4. The molecule has 2 saturated heterocycles. The first-order valence-electron chi connectivity index (χ1n) is 17.7. The summed E-state index contributed by atoms with van der Waals surface area (Å²) in [4.78, 5) is 43.1. The largest absolute Gasteiger partial charge is 0.465 e. The molecule has 3 aromatic carbocycles. The van der Waals surface area contributed by atoms with Crippen LogP contribution in [0.1, 0.15) is 75.4 Å². The predicted molar refractivity (Wildman–Crippen MR) is 192 cm³/mol. The number of carboxylic acid groups (broad SMARTS) is 1. The molecule has 53 heavy (non-hydrogen) atoms. The zero-order chi connectivity index (χ0) is 37.5. The Bertz CT molecular complexity index is 2090. The number of aromatic nitrogens is 4. The molecule has 0 spiro atoms. The number of likely N-dealkylation sites (tertiary alicyclic amines) is 2. The van der Waals surface area contributed by atoms with Crippen molar-refractivity contribution in [3.8, 4) is 33.6 Å². The van der Waals surface area contributed by atoms with Crippen molar-refractivity contribution in [2.45, 2.75) is 70.8 Å². The number of carbonyl (C=O) groups is 2. The third-order valence-corrected chi connectivity index (χ3v) is 10.5. The number of carbonyl (C=O) groups excluding carboxylic acids is 1. The van der Waals surface area contributed by atoms with E-state index in [4.69, 9.17) is 4.74 Å². The number of H-pyrrole nitrogens is 2. The zero-order valence-electron chi connectivity index (χ0n) is 29.7. The van der Waals surface area contributed by atoms with E-state index in [1.54, 1.807) is 35.4 Å². The van der Waals surface area contributed by atoms with E-state index >= 15 is 0 Å². The highest BCUT2D eigenvalue weighted by atomic mass is 19.4. The SMILES string of the molecule is CC(C)(C)[C@]1(c2nc(C(F)(F)F)c(-c3ccc(-c4ccc(-c5cnc([C@@H]6CCCN6C(=O)OCc6ccccc6)[nH]5)cc4)cc3)[nH]2)CCCN1C(=O)O. The second-order valence-electron chi connectivity index (χ2n) is 14.7. The molecule has 276 valence electrons. The van der Waals surface area contributed by atoms with E-state index < -0.39 is 28.9 Å². The number of nitrogens with zero attached hydrogens (tertiary/aromatic N) is 4. The molecule has 5 aromatic rings. The van der Waals surface area contributed by atoms with Gasteiger partial charge in [0.05, 0.1) is 23.6 Å². The van der Waals surface area contributed by atoms with Gasteiger partial charge in [-0.1, -0.05) is 99.6 Å². The van der Waals surface area contributed by atoms with E-state index in [1.807, 2.05) is 75.4 Å². The van der Waals surface area contributed by atoms with Crippen LogP contribution in [0.5, 0.6) is 0 Å². The maximum Gasteiger partial charge on any atom is 0.435 e.